The van der Waals surface area contributed by atoms with E-state index in [9.17, 15) is 9.59 Å². The number of nitrogens with zero attached hydrogens (tertiary/aromatic N) is 1. The van der Waals surface area contributed by atoms with Crippen LogP contribution in [-0.4, -0.2) is 38.2 Å². The molecule has 2 aromatic carbocycles. The number of nitrogens with one attached hydrogen (secondary N) is 1. The molecule has 1 aliphatic rings. The average molecular weight is 412 g/mol. The van der Waals surface area contributed by atoms with Crippen molar-refractivity contribution in [3.05, 3.63) is 42.5 Å². The van der Waals surface area contributed by atoms with Crippen LogP contribution in [0.25, 0.3) is 0 Å². The van der Waals surface area contributed by atoms with Gasteiger partial charge < -0.3 is 24.4 Å². The third kappa shape index (κ3) is 5.03. The minimum absolute atomic E-state index is 0.0685. The van der Waals surface area contributed by atoms with E-state index in [1.54, 1.807) is 23.1 Å². The van der Waals surface area contributed by atoms with E-state index in [0.717, 1.165) is 11.4 Å². The maximum Gasteiger partial charge on any atom is 0.229 e. The van der Waals surface area contributed by atoms with Crippen LogP contribution in [0.4, 0.5) is 11.4 Å². The number of hydrogen-bond donors (Lipinski definition) is 1. The smallest absolute Gasteiger partial charge is 0.229 e. The van der Waals surface area contributed by atoms with E-state index in [1.807, 2.05) is 45.0 Å². The lowest BCUT2D eigenvalue weighted by atomic mass is 10.1. The standard InChI is InChI=1S/C23H28N2O5/c1-4-28-19-10-8-18(9-11-19)25-15-16(13-22(25)26)23(27)24-17-7-12-20(29-5-2)21(14-17)30-6-3/h7-12,14,16H,4-6,13,15H2,1-3H3,(H,24,27)/t16-/m0/s1. The highest BCUT2D eigenvalue weighted by atomic mass is 16.5. The van der Waals surface area contributed by atoms with Gasteiger partial charge in [0, 0.05) is 30.4 Å². The van der Waals surface area contributed by atoms with Gasteiger partial charge in [-0.1, -0.05) is 0 Å². The molecule has 1 atom stereocenters. The minimum Gasteiger partial charge on any atom is -0.494 e. The predicted molar refractivity (Wildman–Crippen MR) is 115 cm³/mol. The molecular weight excluding hydrogens is 384 g/mol. The number of carbonyl (C=O) groups excluding carboxylic acids is 2. The Labute approximate surface area is 176 Å². The first-order chi connectivity index (χ1) is 14.5. The van der Waals surface area contributed by atoms with Crippen LogP contribution in [-0.2, 0) is 9.59 Å². The fourth-order valence-corrected chi connectivity index (χ4v) is 3.39. The molecule has 1 aliphatic heterocycles. The van der Waals surface area contributed by atoms with Gasteiger partial charge in [0.05, 0.1) is 25.7 Å². The molecule has 0 saturated carbocycles. The molecule has 7 heteroatoms. The molecule has 160 valence electrons. The summed E-state index contributed by atoms with van der Waals surface area (Å²) in [4.78, 5) is 26.9. The van der Waals surface area contributed by atoms with Crippen LogP contribution in [0.5, 0.6) is 17.2 Å². The van der Waals surface area contributed by atoms with Gasteiger partial charge in [0.2, 0.25) is 11.8 Å². The zero-order chi connectivity index (χ0) is 21.5. The maximum atomic E-state index is 12.8. The molecule has 1 N–H and O–H groups in total. The number of amides is 2. The highest BCUT2D eigenvalue weighted by Crippen LogP contribution is 2.32. The second-order valence-corrected chi connectivity index (χ2v) is 6.85. The van der Waals surface area contributed by atoms with Crippen molar-refractivity contribution in [1.82, 2.24) is 0 Å². The fraction of sp³-hybridized carbons (Fsp3) is 0.391. The SMILES string of the molecule is CCOc1ccc(N2C[C@@H](C(=O)Nc3ccc(OCC)c(OCC)c3)CC2=O)cc1. The Balaban J connectivity index is 1.66. The topological polar surface area (TPSA) is 77.1 Å². The van der Waals surface area contributed by atoms with E-state index in [2.05, 4.69) is 5.32 Å². The molecular formula is C23H28N2O5. The Morgan fingerprint density at radius 2 is 1.63 bits per heavy atom. The molecule has 0 spiro atoms. The Kier molecular flexibility index (Phi) is 7.17. The Bertz CT molecular complexity index is 882. The Morgan fingerprint density at radius 1 is 0.967 bits per heavy atom. The summed E-state index contributed by atoms with van der Waals surface area (Å²) < 4.78 is 16.6. The summed E-state index contributed by atoms with van der Waals surface area (Å²) in [7, 11) is 0. The van der Waals surface area contributed by atoms with Gasteiger partial charge in [0.25, 0.3) is 0 Å². The van der Waals surface area contributed by atoms with Crippen molar-refractivity contribution >= 4 is 23.2 Å². The van der Waals surface area contributed by atoms with Crippen molar-refractivity contribution in [2.75, 3.05) is 36.6 Å². The summed E-state index contributed by atoms with van der Waals surface area (Å²) in [6, 6.07) is 12.6. The summed E-state index contributed by atoms with van der Waals surface area (Å²) in [6.45, 7) is 7.65. The summed E-state index contributed by atoms with van der Waals surface area (Å²) in [5, 5.41) is 2.90. The molecule has 0 aliphatic carbocycles. The van der Waals surface area contributed by atoms with Crippen molar-refractivity contribution in [1.29, 1.82) is 0 Å². The first kappa shape index (κ1) is 21.5. The van der Waals surface area contributed by atoms with Crippen molar-refractivity contribution in [2.45, 2.75) is 27.2 Å². The van der Waals surface area contributed by atoms with Crippen LogP contribution in [0.3, 0.4) is 0 Å². The van der Waals surface area contributed by atoms with Gasteiger partial charge >= 0.3 is 0 Å². The van der Waals surface area contributed by atoms with Crippen molar-refractivity contribution < 1.29 is 23.8 Å². The average Bonchev–Trinajstić information content (AvgIpc) is 3.13. The summed E-state index contributed by atoms with van der Waals surface area (Å²) in [5.41, 5.74) is 1.37. The second kappa shape index (κ2) is 10.0. The van der Waals surface area contributed by atoms with Gasteiger partial charge in [0.15, 0.2) is 11.5 Å². The number of ether oxygens (including phenoxy) is 3. The third-order valence-electron chi connectivity index (χ3n) is 4.77. The van der Waals surface area contributed by atoms with Crippen molar-refractivity contribution in [2.24, 2.45) is 5.92 Å². The van der Waals surface area contributed by atoms with Crippen molar-refractivity contribution in [3.8, 4) is 17.2 Å². The lowest BCUT2D eigenvalue weighted by Gasteiger charge is -2.17. The quantitative estimate of drug-likeness (QED) is 0.676. The van der Waals surface area contributed by atoms with E-state index < -0.39 is 5.92 Å². The van der Waals surface area contributed by atoms with Gasteiger partial charge in [0.1, 0.15) is 5.75 Å². The van der Waals surface area contributed by atoms with Crippen LogP contribution in [0.15, 0.2) is 42.5 Å². The van der Waals surface area contributed by atoms with Crippen LogP contribution < -0.4 is 24.4 Å². The molecule has 3 rings (SSSR count). The van der Waals surface area contributed by atoms with E-state index in [0.29, 0.717) is 43.6 Å². The second-order valence-electron chi connectivity index (χ2n) is 6.85. The van der Waals surface area contributed by atoms with Gasteiger partial charge in [-0.3, -0.25) is 9.59 Å². The molecule has 2 amide bonds. The van der Waals surface area contributed by atoms with Crippen molar-refractivity contribution in [3.63, 3.8) is 0 Å². The van der Waals surface area contributed by atoms with Crippen LogP contribution in [0.1, 0.15) is 27.2 Å². The maximum absolute atomic E-state index is 12.8. The summed E-state index contributed by atoms with van der Waals surface area (Å²) in [5.74, 6) is 1.28. The van der Waals surface area contributed by atoms with E-state index >= 15 is 0 Å². The van der Waals surface area contributed by atoms with Crippen LogP contribution in [0, 0.1) is 5.92 Å². The largest absolute Gasteiger partial charge is 0.494 e. The number of hydrogen-bond acceptors (Lipinski definition) is 5. The fourth-order valence-electron chi connectivity index (χ4n) is 3.39. The first-order valence-corrected chi connectivity index (χ1v) is 10.3. The first-order valence-electron chi connectivity index (χ1n) is 10.3. The van der Waals surface area contributed by atoms with Gasteiger partial charge in [-0.15, -0.1) is 0 Å². The monoisotopic (exact) mass is 412 g/mol. The number of rotatable bonds is 9. The molecule has 7 nitrogen and oxygen atoms in total. The van der Waals surface area contributed by atoms with Crippen LogP contribution in [0.2, 0.25) is 0 Å². The lowest BCUT2D eigenvalue weighted by molar-refractivity contribution is -0.122. The minimum atomic E-state index is -0.425. The highest BCUT2D eigenvalue weighted by Gasteiger charge is 2.35. The predicted octanol–water partition coefficient (Wildman–Crippen LogP) is 3.87. The van der Waals surface area contributed by atoms with E-state index in [-0.39, 0.29) is 18.2 Å². The van der Waals surface area contributed by atoms with Gasteiger partial charge in [-0.2, -0.15) is 0 Å². The zero-order valence-corrected chi connectivity index (χ0v) is 17.6. The number of anilines is 2. The molecule has 1 fully saturated rings. The molecule has 0 aromatic heterocycles. The number of carbonyl (C=O) groups is 2. The molecule has 0 unspecified atom stereocenters. The molecule has 2 aromatic rings. The summed E-state index contributed by atoms with van der Waals surface area (Å²) in [6.07, 6.45) is 0.175. The molecule has 1 saturated heterocycles. The zero-order valence-electron chi connectivity index (χ0n) is 17.6. The summed E-state index contributed by atoms with van der Waals surface area (Å²) >= 11 is 0. The third-order valence-corrected chi connectivity index (χ3v) is 4.77. The van der Waals surface area contributed by atoms with Crippen LogP contribution >= 0.6 is 0 Å². The number of benzene rings is 2. The molecule has 0 radical (unpaired) electrons. The Hall–Kier alpha value is -3.22. The highest BCUT2D eigenvalue weighted by molar-refractivity contribution is 6.03. The lowest BCUT2D eigenvalue weighted by Crippen LogP contribution is -2.28. The molecule has 1 heterocycles. The Morgan fingerprint density at radius 3 is 2.30 bits per heavy atom. The molecule has 30 heavy (non-hydrogen) atoms. The van der Waals surface area contributed by atoms with Gasteiger partial charge in [-0.05, 0) is 57.2 Å². The van der Waals surface area contributed by atoms with E-state index in [1.165, 1.54) is 0 Å². The van der Waals surface area contributed by atoms with Gasteiger partial charge in [-0.25, -0.2) is 0 Å². The molecule has 0 bridgehead atoms. The van der Waals surface area contributed by atoms with E-state index in [4.69, 9.17) is 14.2 Å². The normalized spacial score (nSPS) is 15.8.